The Bertz CT molecular complexity index is 541. The molecule has 0 amide bonds. The highest BCUT2D eigenvalue weighted by atomic mass is 15.2. The molecule has 114 valence electrons. The van der Waals surface area contributed by atoms with Crippen LogP contribution in [0.4, 0.5) is 0 Å². The minimum atomic E-state index is 0.404. The van der Waals surface area contributed by atoms with Crippen LogP contribution in [0.3, 0.4) is 0 Å². The van der Waals surface area contributed by atoms with Crippen LogP contribution in [-0.2, 0) is 13.6 Å². The van der Waals surface area contributed by atoms with Crippen molar-refractivity contribution in [1.82, 2.24) is 15.1 Å². The molecule has 0 aliphatic rings. The van der Waals surface area contributed by atoms with E-state index in [9.17, 15) is 0 Å². The van der Waals surface area contributed by atoms with E-state index in [-0.39, 0.29) is 0 Å². The van der Waals surface area contributed by atoms with Crippen molar-refractivity contribution in [1.29, 1.82) is 0 Å². The molecule has 0 aliphatic heterocycles. The minimum absolute atomic E-state index is 0.404. The topological polar surface area (TPSA) is 29.9 Å². The Labute approximate surface area is 128 Å². The molecule has 2 rings (SSSR count). The molecule has 1 aromatic carbocycles. The Hall–Kier alpha value is -1.61. The molecule has 3 heteroatoms. The van der Waals surface area contributed by atoms with Crippen LogP contribution in [0.15, 0.2) is 36.5 Å². The molecular formula is C18H27N3. The first kappa shape index (κ1) is 15.8. The fraction of sp³-hybridized carbons (Fsp3) is 0.500. The summed E-state index contributed by atoms with van der Waals surface area (Å²) >= 11 is 0. The van der Waals surface area contributed by atoms with E-state index in [0.717, 1.165) is 12.2 Å². The van der Waals surface area contributed by atoms with Gasteiger partial charge in [-0.25, -0.2) is 0 Å². The molecule has 0 spiro atoms. The molecule has 0 bridgehead atoms. The van der Waals surface area contributed by atoms with Crippen LogP contribution >= 0.6 is 0 Å². The summed E-state index contributed by atoms with van der Waals surface area (Å²) in [6.45, 7) is 7.50. The number of benzene rings is 1. The van der Waals surface area contributed by atoms with Crippen LogP contribution in [0.5, 0.6) is 0 Å². The lowest BCUT2D eigenvalue weighted by atomic mass is 9.88. The van der Waals surface area contributed by atoms with Gasteiger partial charge in [0.1, 0.15) is 0 Å². The van der Waals surface area contributed by atoms with Crippen LogP contribution in [0.1, 0.15) is 49.6 Å². The van der Waals surface area contributed by atoms with Gasteiger partial charge in [0, 0.05) is 31.4 Å². The maximum atomic E-state index is 4.42. The lowest BCUT2D eigenvalue weighted by Crippen LogP contribution is -2.27. The van der Waals surface area contributed by atoms with Gasteiger partial charge in [0.25, 0.3) is 0 Å². The van der Waals surface area contributed by atoms with Gasteiger partial charge in [-0.05, 0) is 18.4 Å². The molecule has 0 fully saturated rings. The van der Waals surface area contributed by atoms with Gasteiger partial charge in [0.05, 0.1) is 5.69 Å². The van der Waals surface area contributed by atoms with Crippen molar-refractivity contribution in [2.24, 2.45) is 13.0 Å². The van der Waals surface area contributed by atoms with E-state index >= 15 is 0 Å². The fourth-order valence-electron chi connectivity index (χ4n) is 3.02. The smallest absolute Gasteiger partial charge is 0.0638 e. The van der Waals surface area contributed by atoms with Crippen LogP contribution < -0.4 is 5.32 Å². The zero-order chi connectivity index (χ0) is 15.2. The summed E-state index contributed by atoms with van der Waals surface area (Å²) in [7, 11) is 1.98. The third-order valence-electron chi connectivity index (χ3n) is 4.31. The predicted molar refractivity (Wildman–Crippen MR) is 88.0 cm³/mol. The van der Waals surface area contributed by atoms with Gasteiger partial charge in [-0.15, -0.1) is 0 Å². The second-order valence-corrected chi connectivity index (χ2v) is 5.76. The van der Waals surface area contributed by atoms with Gasteiger partial charge >= 0.3 is 0 Å². The number of aromatic nitrogens is 2. The van der Waals surface area contributed by atoms with Gasteiger partial charge in [0.15, 0.2) is 0 Å². The Balaban J connectivity index is 2.14. The number of nitrogens with one attached hydrogen (secondary N) is 1. The third kappa shape index (κ3) is 3.94. The Kier molecular flexibility index (Phi) is 5.57. The maximum absolute atomic E-state index is 4.42. The van der Waals surface area contributed by atoms with E-state index in [0.29, 0.717) is 12.0 Å². The van der Waals surface area contributed by atoms with Crippen molar-refractivity contribution in [2.75, 3.05) is 0 Å². The van der Waals surface area contributed by atoms with Crippen molar-refractivity contribution in [3.63, 3.8) is 0 Å². The summed E-state index contributed by atoms with van der Waals surface area (Å²) in [4.78, 5) is 0. The zero-order valence-corrected chi connectivity index (χ0v) is 13.6. The number of aryl methyl sites for hydroxylation is 2. The van der Waals surface area contributed by atoms with Crippen molar-refractivity contribution in [2.45, 2.75) is 46.2 Å². The average molecular weight is 285 g/mol. The van der Waals surface area contributed by atoms with Crippen molar-refractivity contribution >= 4 is 0 Å². The summed E-state index contributed by atoms with van der Waals surface area (Å²) in [5.41, 5.74) is 3.78. The molecule has 2 aromatic rings. The first-order valence-electron chi connectivity index (χ1n) is 7.93. The number of hydrogen-bond donors (Lipinski definition) is 1. The second kappa shape index (κ2) is 7.41. The molecule has 0 aliphatic carbocycles. The molecule has 0 saturated carbocycles. The van der Waals surface area contributed by atoms with Crippen LogP contribution in [0.2, 0.25) is 0 Å². The van der Waals surface area contributed by atoms with Crippen LogP contribution in [-0.4, -0.2) is 9.78 Å². The van der Waals surface area contributed by atoms with Gasteiger partial charge in [-0.2, -0.15) is 5.10 Å². The molecule has 1 N–H and O–H groups in total. The zero-order valence-electron chi connectivity index (χ0n) is 13.6. The summed E-state index contributed by atoms with van der Waals surface area (Å²) in [5, 5.41) is 8.18. The second-order valence-electron chi connectivity index (χ2n) is 5.76. The number of nitrogens with zero attached hydrogens (tertiary/aromatic N) is 2. The molecule has 0 radical (unpaired) electrons. The monoisotopic (exact) mass is 285 g/mol. The molecular weight excluding hydrogens is 258 g/mol. The van der Waals surface area contributed by atoms with E-state index in [4.69, 9.17) is 0 Å². The van der Waals surface area contributed by atoms with Gasteiger partial charge < -0.3 is 5.32 Å². The van der Waals surface area contributed by atoms with E-state index in [1.165, 1.54) is 24.0 Å². The highest BCUT2D eigenvalue weighted by Gasteiger charge is 2.20. The highest BCUT2D eigenvalue weighted by molar-refractivity contribution is 5.21. The minimum Gasteiger partial charge on any atom is -0.305 e. The standard InChI is InChI=1S/C18H27N3/c1-5-15(6-2)18(16-10-8-7-9-11-16)19-12-17-13-21(4)20-14(17)3/h7-11,13,15,18-19H,5-6,12H2,1-4H3. The summed E-state index contributed by atoms with van der Waals surface area (Å²) < 4.78 is 1.89. The lowest BCUT2D eigenvalue weighted by Gasteiger charge is -2.27. The lowest BCUT2D eigenvalue weighted by molar-refractivity contribution is 0.339. The van der Waals surface area contributed by atoms with E-state index in [1.54, 1.807) is 0 Å². The SMILES string of the molecule is CCC(CC)C(NCc1cn(C)nc1C)c1ccccc1. The van der Waals surface area contributed by atoms with E-state index < -0.39 is 0 Å². The largest absolute Gasteiger partial charge is 0.305 e. The van der Waals surface area contributed by atoms with Crippen molar-refractivity contribution < 1.29 is 0 Å². The molecule has 0 saturated heterocycles. The van der Waals surface area contributed by atoms with Crippen molar-refractivity contribution in [3.05, 3.63) is 53.3 Å². The summed E-state index contributed by atoms with van der Waals surface area (Å²) in [6, 6.07) is 11.2. The van der Waals surface area contributed by atoms with Gasteiger partial charge in [-0.3, -0.25) is 4.68 Å². The van der Waals surface area contributed by atoms with Gasteiger partial charge in [0.2, 0.25) is 0 Å². The van der Waals surface area contributed by atoms with Crippen LogP contribution in [0.25, 0.3) is 0 Å². The summed E-state index contributed by atoms with van der Waals surface area (Å²) in [5.74, 6) is 0.657. The fourth-order valence-corrected chi connectivity index (χ4v) is 3.02. The molecule has 3 nitrogen and oxygen atoms in total. The Morgan fingerprint density at radius 1 is 1.14 bits per heavy atom. The van der Waals surface area contributed by atoms with Gasteiger partial charge in [-0.1, -0.05) is 57.0 Å². The quantitative estimate of drug-likeness (QED) is 0.833. The maximum Gasteiger partial charge on any atom is 0.0638 e. The van der Waals surface area contributed by atoms with E-state index in [2.05, 4.69) is 67.7 Å². The predicted octanol–water partition coefficient (Wildman–Crippen LogP) is 4.00. The Morgan fingerprint density at radius 3 is 2.33 bits per heavy atom. The number of hydrogen-bond acceptors (Lipinski definition) is 2. The first-order chi connectivity index (χ1) is 10.2. The number of rotatable bonds is 7. The highest BCUT2D eigenvalue weighted by Crippen LogP contribution is 2.27. The molecule has 1 aromatic heterocycles. The van der Waals surface area contributed by atoms with Crippen molar-refractivity contribution in [3.8, 4) is 0 Å². The molecule has 1 unspecified atom stereocenters. The molecule has 1 heterocycles. The summed E-state index contributed by atoms with van der Waals surface area (Å²) in [6.07, 6.45) is 4.49. The molecule has 1 atom stereocenters. The van der Waals surface area contributed by atoms with Crippen LogP contribution in [0, 0.1) is 12.8 Å². The Morgan fingerprint density at radius 2 is 1.81 bits per heavy atom. The normalized spacial score (nSPS) is 12.8. The molecule has 21 heavy (non-hydrogen) atoms. The van der Waals surface area contributed by atoms with E-state index in [1.807, 2.05) is 11.7 Å². The first-order valence-corrected chi connectivity index (χ1v) is 7.93. The third-order valence-corrected chi connectivity index (χ3v) is 4.31. The average Bonchev–Trinajstić information content (AvgIpc) is 2.82.